The maximum absolute atomic E-state index is 2.55. The molecule has 1 saturated heterocycles. The van der Waals surface area contributed by atoms with Gasteiger partial charge in [-0.05, 0) is 31.7 Å². The van der Waals surface area contributed by atoms with Crippen molar-refractivity contribution in [2.75, 3.05) is 13.6 Å². The summed E-state index contributed by atoms with van der Waals surface area (Å²) in [7, 11) is 2.28. The van der Waals surface area contributed by atoms with Crippen molar-refractivity contribution in [3.05, 3.63) is 0 Å². The highest BCUT2D eigenvalue weighted by Crippen LogP contribution is 2.29. The molecule has 0 aromatic heterocycles. The van der Waals surface area contributed by atoms with Crippen LogP contribution in [-0.4, -0.2) is 24.5 Å². The second-order valence-corrected chi connectivity index (χ2v) is 4.64. The zero-order valence-electron chi connectivity index (χ0n) is 9.01. The highest BCUT2D eigenvalue weighted by molar-refractivity contribution is 4.84. The van der Waals surface area contributed by atoms with E-state index in [9.17, 15) is 0 Å². The fourth-order valence-electron chi connectivity index (χ4n) is 2.54. The van der Waals surface area contributed by atoms with Crippen LogP contribution in [0.2, 0.25) is 0 Å². The van der Waals surface area contributed by atoms with Gasteiger partial charge in [0.25, 0.3) is 0 Å². The smallest absolute Gasteiger partial charge is 0.0118 e. The third-order valence-electron chi connectivity index (χ3n) is 3.15. The van der Waals surface area contributed by atoms with E-state index in [2.05, 4.69) is 32.7 Å². The van der Waals surface area contributed by atoms with Crippen LogP contribution in [0.4, 0.5) is 0 Å². The third kappa shape index (κ3) is 2.22. The van der Waals surface area contributed by atoms with Crippen molar-refractivity contribution < 1.29 is 0 Å². The summed E-state index contributed by atoms with van der Waals surface area (Å²) in [4.78, 5) is 2.55. The molecule has 0 saturated carbocycles. The van der Waals surface area contributed by atoms with Crippen LogP contribution in [0.1, 0.15) is 40.0 Å². The van der Waals surface area contributed by atoms with Crippen LogP contribution in [-0.2, 0) is 0 Å². The molecule has 1 nitrogen and oxygen atoms in total. The van der Waals surface area contributed by atoms with E-state index in [0.717, 1.165) is 17.9 Å². The van der Waals surface area contributed by atoms with Gasteiger partial charge in [0.1, 0.15) is 0 Å². The Balaban J connectivity index is 2.39. The summed E-state index contributed by atoms with van der Waals surface area (Å²) in [5, 5.41) is 0. The quantitative estimate of drug-likeness (QED) is 0.628. The molecule has 2 atom stereocenters. The van der Waals surface area contributed by atoms with E-state index >= 15 is 0 Å². The summed E-state index contributed by atoms with van der Waals surface area (Å²) >= 11 is 0. The van der Waals surface area contributed by atoms with Crippen molar-refractivity contribution in [3.63, 3.8) is 0 Å². The van der Waals surface area contributed by atoms with E-state index in [1.54, 1.807) is 0 Å². The van der Waals surface area contributed by atoms with Crippen molar-refractivity contribution in [1.29, 1.82) is 0 Å². The fraction of sp³-hybridized carbons (Fsp3) is 1.00. The Morgan fingerprint density at radius 1 is 1.42 bits per heavy atom. The van der Waals surface area contributed by atoms with Crippen molar-refractivity contribution in [3.8, 4) is 0 Å². The lowest BCUT2D eigenvalue weighted by Crippen LogP contribution is -2.29. The molecule has 0 N–H and O–H groups in total. The molecule has 1 aliphatic heterocycles. The molecule has 0 aliphatic carbocycles. The molecular weight excluding hydrogens is 146 g/mol. The third-order valence-corrected chi connectivity index (χ3v) is 3.15. The Kier molecular flexibility index (Phi) is 3.57. The lowest BCUT2D eigenvalue weighted by molar-refractivity contribution is 0.249. The molecule has 0 aromatic rings. The average molecular weight is 169 g/mol. The van der Waals surface area contributed by atoms with Gasteiger partial charge in [-0.1, -0.05) is 27.2 Å². The summed E-state index contributed by atoms with van der Waals surface area (Å²) in [6, 6.07) is 0.849. The molecule has 0 bridgehead atoms. The Labute approximate surface area is 77.1 Å². The lowest BCUT2D eigenvalue weighted by Gasteiger charge is -2.22. The molecule has 0 amide bonds. The number of hydrogen-bond acceptors (Lipinski definition) is 1. The van der Waals surface area contributed by atoms with Crippen molar-refractivity contribution in [2.45, 2.75) is 46.1 Å². The van der Waals surface area contributed by atoms with Gasteiger partial charge in [-0.3, -0.25) is 0 Å². The zero-order valence-corrected chi connectivity index (χ0v) is 9.01. The van der Waals surface area contributed by atoms with E-state index in [-0.39, 0.29) is 0 Å². The Hall–Kier alpha value is -0.0400. The topological polar surface area (TPSA) is 3.24 Å². The first-order valence-electron chi connectivity index (χ1n) is 5.35. The van der Waals surface area contributed by atoms with Crippen molar-refractivity contribution >= 4 is 0 Å². The molecule has 1 heteroatoms. The van der Waals surface area contributed by atoms with Gasteiger partial charge in [0.05, 0.1) is 0 Å². The molecule has 1 unspecified atom stereocenters. The maximum Gasteiger partial charge on any atom is 0.0118 e. The number of hydrogen-bond donors (Lipinski definition) is 0. The molecule has 0 radical (unpaired) electrons. The molecule has 72 valence electrons. The molecule has 12 heavy (non-hydrogen) atoms. The monoisotopic (exact) mass is 169 g/mol. The van der Waals surface area contributed by atoms with Gasteiger partial charge in [-0.25, -0.2) is 0 Å². The highest BCUT2D eigenvalue weighted by atomic mass is 15.2. The molecular formula is C11H23N. The van der Waals surface area contributed by atoms with Crippen LogP contribution in [0.25, 0.3) is 0 Å². The Morgan fingerprint density at radius 2 is 2.08 bits per heavy atom. The van der Waals surface area contributed by atoms with E-state index in [4.69, 9.17) is 0 Å². The minimum absolute atomic E-state index is 0.830. The highest BCUT2D eigenvalue weighted by Gasteiger charge is 2.30. The molecule has 0 aromatic carbocycles. The van der Waals surface area contributed by atoms with Gasteiger partial charge in [0.2, 0.25) is 0 Å². The Morgan fingerprint density at radius 3 is 2.50 bits per heavy atom. The minimum Gasteiger partial charge on any atom is -0.303 e. The normalized spacial score (nSPS) is 31.8. The van der Waals surface area contributed by atoms with Gasteiger partial charge in [0.15, 0.2) is 0 Å². The van der Waals surface area contributed by atoms with Crippen LogP contribution in [0.15, 0.2) is 0 Å². The van der Waals surface area contributed by atoms with Gasteiger partial charge in [-0.2, -0.15) is 0 Å². The number of likely N-dealkylation sites (tertiary alicyclic amines) is 1. The van der Waals surface area contributed by atoms with E-state index < -0.39 is 0 Å². The summed E-state index contributed by atoms with van der Waals surface area (Å²) in [5.74, 6) is 1.81. The first kappa shape index (κ1) is 10.0. The summed E-state index contributed by atoms with van der Waals surface area (Å²) in [6.45, 7) is 8.31. The molecule has 1 rings (SSSR count). The van der Waals surface area contributed by atoms with E-state index in [0.29, 0.717) is 0 Å². The van der Waals surface area contributed by atoms with Crippen LogP contribution in [0.5, 0.6) is 0 Å². The number of nitrogens with zero attached hydrogens (tertiary/aromatic N) is 1. The number of rotatable bonds is 3. The first-order chi connectivity index (χ1) is 5.65. The summed E-state index contributed by atoms with van der Waals surface area (Å²) in [6.07, 6.45) is 4.21. The lowest BCUT2D eigenvalue weighted by atomic mass is 9.95. The molecule has 1 aliphatic rings. The first-order valence-corrected chi connectivity index (χ1v) is 5.35. The van der Waals surface area contributed by atoms with Gasteiger partial charge in [0, 0.05) is 12.6 Å². The van der Waals surface area contributed by atoms with E-state index in [1.165, 1.54) is 25.8 Å². The summed E-state index contributed by atoms with van der Waals surface area (Å²) < 4.78 is 0. The van der Waals surface area contributed by atoms with Crippen LogP contribution in [0, 0.1) is 11.8 Å². The maximum atomic E-state index is 2.55. The van der Waals surface area contributed by atoms with Gasteiger partial charge in [-0.15, -0.1) is 0 Å². The largest absolute Gasteiger partial charge is 0.303 e. The summed E-state index contributed by atoms with van der Waals surface area (Å²) in [5.41, 5.74) is 0. The van der Waals surface area contributed by atoms with Crippen LogP contribution in [0.3, 0.4) is 0 Å². The fourth-order valence-corrected chi connectivity index (χ4v) is 2.54. The SMILES string of the molecule is CCC[C@H]1CC(C(C)C)N(C)C1. The zero-order chi connectivity index (χ0) is 9.14. The van der Waals surface area contributed by atoms with Gasteiger partial charge >= 0.3 is 0 Å². The second kappa shape index (κ2) is 4.27. The predicted octanol–water partition coefficient (Wildman–Crippen LogP) is 2.76. The van der Waals surface area contributed by atoms with Crippen molar-refractivity contribution in [1.82, 2.24) is 4.90 Å². The van der Waals surface area contributed by atoms with Crippen LogP contribution < -0.4 is 0 Å². The molecule has 1 heterocycles. The second-order valence-electron chi connectivity index (χ2n) is 4.64. The minimum atomic E-state index is 0.830. The van der Waals surface area contributed by atoms with E-state index in [1.807, 2.05) is 0 Å². The average Bonchev–Trinajstić information content (AvgIpc) is 2.32. The van der Waals surface area contributed by atoms with Crippen molar-refractivity contribution in [2.24, 2.45) is 11.8 Å². The standard InChI is InChI=1S/C11H23N/c1-5-6-10-7-11(9(2)3)12(4)8-10/h9-11H,5-8H2,1-4H3/t10-,11?/m0/s1. The van der Waals surface area contributed by atoms with Gasteiger partial charge < -0.3 is 4.90 Å². The molecule has 0 spiro atoms. The molecule has 1 fully saturated rings. The Bertz CT molecular complexity index is 131. The predicted molar refractivity (Wildman–Crippen MR) is 54.3 cm³/mol. The van der Waals surface area contributed by atoms with Crippen LogP contribution >= 0.6 is 0 Å².